The Kier molecular flexibility index (Phi) is 5.06. The van der Waals surface area contributed by atoms with Gasteiger partial charge < -0.3 is 5.32 Å². The van der Waals surface area contributed by atoms with E-state index in [-0.39, 0.29) is 0 Å². The summed E-state index contributed by atoms with van der Waals surface area (Å²) in [6, 6.07) is 11.5. The van der Waals surface area contributed by atoms with Crippen LogP contribution in [0.2, 0.25) is 0 Å². The molecule has 0 spiro atoms. The number of hydrogen-bond donors (Lipinski definition) is 1. The zero-order chi connectivity index (χ0) is 13.8. The van der Waals surface area contributed by atoms with Crippen LogP contribution in [0.15, 0.2) is 35.2 Å². The molecule has 4 atom stereocenters. The smallest absolute Gasteiger partial charge is 0.0164 e. The highest BCUT2D eigenvalue weighted by molar-refractivity contribution is 7.99. The maximum absolute atomic E-state index is 3.72. The van der Waals surface area contributed by atoms with Gasteiger partial charge in [0.25, 0.3) is 0 Å². The summed E-state index contributed by atoms with van der Waals surface area (Å²) in [4.78, 5) is 1.41. The normalized spacial score (nSPS) is 29.8. The fourth-order valence-electron chi connectivity index (χ4n) is 4.24. The lowest BCUT2D eigenvalue weighted by Gasteiger charge is -2.27. The fraction of sp³-hybridized carbons (Fsp3) is 0.667. The van der Waals surface area contributed by atoms with E-state index in [1.807, 2.05) is 11.8 Å². The Morgan fingerprint density at radius 2 is 2.05 bits per heavy atom. The van der Waals surface area contributed by atoms with E-state index in [0.29, 0.717) is 6.04 Å². The Labute approximate surface area is 127 Å². The van der Waals surface area contributed by atoms with Crippen LogP contribution in [-0.2, 0) is 0 Å². The van der Waals surface area contributed by atoms with Gasteiger partial charge in [-0.3, -0.25) is 0 Å². The molecule has 0 aliphatic heterocycles. The highest BCUT2D eigenvalue weighted by Gasteiger charge is 2.39. The molecule has 2 saturated carbocycles. The SMILES string of the molecule is CCNC(CSc1ccccc1)CC1CC2CCC1C2. The molecule has 2 heteroatoms. The largest absolute Gasteiger partial charge is 0.313 e. The average molecular weight is 289 g/mol. The topological polar surface area (TPSA) is 12.0 Å². The maximum atomic E-state index is 3.72. The van der Waals surface area contributed by atoms with E-state index in [0.717, 1.165) is 24.3 Å². The van der Waals surface area contributed by atoms with Gasteiger partial charge in [-0.2, -0.15) is 0 Å². The summed E-state index contributed by atoms with van der Waals surface area (Å²) in [6.07, 6.45) is 7.48. The highest BCUT2D eigenvalue weighted by atomic mass is 32.2. The molecular formula is C18H27NS. The average Bonchev–Trinajstić information content (AvgIpc) is 3.09. The quantitative estimate of drug-likeness (QED) is 0.737. The third-order valence-electron chi connectivity index (χ3n) is 5.16. The summed E-state index contributed by atoms with van der Waals surface area (Å²) in [5.41, 5.74) is 0. The van der Waals surface area contributed by atoms with E-state index in [9.17, 15) is 0 Å². The third-order valence-corrected chi connectivity index (χ3v) is 6.33. The van der Waals surface area contributed by atoms with Crippen LogP contribution in [0.4, 0.5) is 0 Å². The van der Waals surface area contributed by atoms with Gasteiger partial charge in [0.1, 0.15) is 0 Å². The first-order valence-corrected chi connectivity index (χ1v) is 9.25. The van der Waals surface area contributed by atoms with Crippen LogP contribution in [0.1, 0.15) is 39.0 Å². The van der Waals surface area contributed by atoms with Gasteiger partial charge in [-0.1, -0.05) is 31.5 Å². The third kappa shape index (κ3) is 3.59. The Morgan fingerprint density at radius 1 is 1.20 bits per heavy atom. The lowest BCUT2D eigenvalue weighted by molar-refractivity contribution is 0.287. The molecule has 1 N–H and O–H groups in total. The fourth-order valence-corrected chi connectivity index (χ4v) is 5.24. The van der Waals surface area contributed by atoms with Gasteiger partial charge in [0.15, 0.2) is 0 Å². The van der Waals surface area contributed by atoms with Crippen molar-refractivity contribution >= 4 is 11.8 Å². The van der Waals surface area contributed by atoms with Gasteiger partial charge in [0.2, 0.25) is 0 Å². The van der Waals surface area contributed by atoms with Crippen molar-refractivity contribution < 1.29 is 0 Å². The molecule has 2 aliphatic carbocycles. The van der Waals surface area contributed by atoms with Crippen molar-refractivity contribution in [1.82, 2.24) is 5.32 Å². The molecule has 4 unspecified atom stereocenters. The molecule has 0 amide bonds. The summed E-state index contributed by atoms with van der Waals surface area (Å²) in [6.45, 7) is 3.34. The Balaban J connectivity index is 1.50. The van der Waals surface area contributed by atoms with Crippen LogP contribution in [0.25, 0.3) is 0 Å². The minimum absolute atomic E-state index is 0.689. The van der Waals surface area contributed by atoms with Crippen LogP contribution < -0.4 is 5.32 Å². The van der Waals surface area contributed by atoms with Crippen molar-refractivity contribution in [2.24, 2.45) is 17.8 Å². The van der Waals surface area contributed by atoms with Crippen LogP contribution in [0, 0.1) is 17.8 Å². The first-order valence-electron chi connectivity index (χ1n) is 8.26. The second-order valence-corrected chi connectivity index (χ2v) is 7.64. The first kappa shape index (κ1) is 14.5. The molecule has 20 heavy (non-hydrogen) atoms. The van der Waals surface area contributed by atoms with Crippen molar-refractivity contribution in [2.45, 2.75) is 50.0 Å². The van der Waals surface area contributed by atoms with E-state index in [4.69, 9.17) is 0 Å². The van der Waals surface area contributed by atoms with Gasteiger partial charge in [0.05, 0.1) is 0 Å². The highest BCUT2D eigenvalue weighted by Crippen LogP contribution is 2.50. The summed E-state index contributed by atoms with van der Waals surface area (Å²) in [7, 11) is 0. The minimum Gasteiger partial charge on any atom is -0.313 e. The second-order valence-electron chi connectivity index (χ2n) is 6.55. The summed E-state index contributed by atoms with van der Waals surface area (Å²) in [5.74, 6) is 4.36. The zero-order valence-corrected chi connectivity index (χ0v) is 13.4. The molecule has 2 aliphatic rings. The Morgan fingerprint density at radius 3 is 2.70 bits per heavy atom. The van der Waals surface area contributed by atoms with E-state index < -0.39 is 0 Å². The molecule has 0 radical (unpaired) electrons. The van der Waals surface area contributed by atoms with Crippen LogP contribution in [0.5, 0.6) is 0 Å². The van der Waals surface area contributed by atoms with Crippen molar-refractivity contribution in [3.63, 3.8) is 0 Å². The van der Waals surface area contributed by atoms with Crippen molar-refractivity contribution in [2.75, 3.05) is 12.3 Å². The van der Waals surface area contributed by atoms with Gasteiger partial charge >= 0.3 is 0 Å². The first-order chi connectivity index (χ1) is 9.85. The molecule has 0 aromatic heterocycles. The summed E-state index contributed by atoms with van der Waals surface area (Å²) in [5, 5.41) is 3.72. The molecule has 2 bridgehead atoms. The van der Waals surface area contributed by atoms with Crippen molar-refractivity contribution in [3.05, 3.63) is 30.3 Å². The predicted octanol–water partition coefficient (Wildman–Crippen LogP) is 4.58. The molecule has 0 saturated heterocycles. The van der Waals surface area contributed by atoms with Gasteiger partial charge in [0, 0.05) is 16.7 Å². The van der Waals surface area contributed by atoms with E-state index in [1.165, 1.54) is 42.8 Å². The number of rotatable bonds is 7. The summed E-state index contributed by atoms with van der Waals surface area (Å²) < 4.78 is 0. The van der Waals surface area contributed by atoms with E-state index in [1.54, 1.807) is 0 Å². The predicted molar refractivity (Wildman–Crippen MR) is 88.2 cm³/mol. The van der Waals surface area contributed by atoms with Gasteiger partial charge in [-0.05, 0) is 62.1 Å². The van der Waals surface area contributed by atoms with Crippen molar-refractivity contribution in [3.8, 4) is 0 Å². The van der Waals surface area contributed by atoms with Crippen LogP contribution >= 0.6 is 11.8 Å². The summed E-state index contributed by atoms with van der Waals surface area (Å²) >= 11 is 2.01. The molecule has 1 nitrogen and oxygen atoms in total. The zero-order valence-electron chi connectivity index (χ0n) is 12.6. The maximum Gasteiger partial charge on any atom is 0.0164 e. The molecule has 0 heterocycles. The van der Waals surface area contributed by atoms with Gasteiger partial charge in [-0.15, -0.1) is 11.8 Å². The number of benzene rings is 1. The molecule has 3 rings (SSSR count). The Bertz CT molecular complexity index is 405. The van der Waals surface area contributed by atoms with E-state index in [2.05, 4.69) is 42.6 Å². The van der Waals surface area contributed by atoms with Crippen LogP contribution in [0.3, 0.4) is 0 Å². The number of thioether (sulfide) groups is 1. The van der Waals surface area contributed by atoms with Crippen molar-refractivity contribution in [1.29, 1.82) is 0 Å². The number of fused-ring (bicyclic) bond motifs is 2. The standard InChI is InChI=1S/C18H27NS/c1-2-19-17(13-20-18-6-4-3-5-7-18)12-16-11-14-8-9-15(16)10-14/h3-7,14-17,19H,2,8-13H2,1H3. The Hall–Kier alpha value is -0.470. The molecule has 1 aromatic carbocycles. The van der Waals surface area contributed by atoms with E-state index >= 15 is 0 Å². The molecular weight excluding hydrogens is 262 g/mol. The lowest BCUT2D eigenvalue weighted by atomic mass is 9.84. The van der Waals surface area contributed by atoms with Gasteiger partial charge in [-0.25, -0.2) is 0 Å². The monoisotopic (exact) mass is 289 g/mol. The minimum atomic E-state index is 0.689. The number of nitrogens with one attached hydrogen (secondary N) is 1. The molecule has 110 valence electrons. The lowest BCUT2D eigenvalue weighted by Crippen LogP contribution is -2.34. The molecule has 2 fully saturated rings. The molecule has 1 aromatic rings. The second kappa shape index (κ2) is 7.00. The van der Waals surface area contributed by atoms with Crippen LogP contribution in [-0.4, -0.2) is 18.3 Å². The number of hydrogen-bond acceptors (Lipinski definition) is 2.